The standard InChI is InChI=1S/C11H19NO4/c1-8(13)9-2-3-12(6-9)11(14)10-7-15-4-5-16-10/h8-10,13H,2-7H2,1H3. The monoisotopic (exact) mass is 229 g/mol. The Balaban J connectivity index is 1.86. The van der Waals surface area contributed by atoms with Crippen LogP contribution in [0.15, 0.2) is 0 Å². The highest BCUT2D eigenvalue weighted by Crippen LogP contribution is 2.21. The van der Waals surface area contributed by atoms with Gasteiger partial charge in [-0.25, -0.2) is 0 Å². The predicted molar refractivity (Wildman–Crippen MR) is 56.9 cm³/mol. The molecule has 2 fully saturated rings. The van der Waals surface area contributed by atoms with E-state index in [4.69, 9.17) is 9.47 Å². The topological polar surface area (TPSA) is 59.0 Å². The van der Waals surface area contributed by atoms with Crippen molar-refractivity contribution in [1.82, 2.24) is 4.90 Å². The minimum absolute atomic E-state index is 0.00264. The molecule has 0 aromatic carbocycles. The molecule has 0 spiro atoms. The lowest BCUT2D eigenvalue weighted by molar-refractivity contribution is -0.157. The van der Waals surface area contributed by atoms with Crippen LogP contribution in [-0.2, 0) is 14.3 Å². The fourth-order valence-corrected chi connectivity index (χ4v) is 2.22. The van der Waals surface area contributed by atoms with Crippen LogP contribution in [0.5, 0.6) is 0 Å². The summed E-state index contributed by atoms with van der Waals surface area (Å²) >= 11 is 0. The zero-order chi connectivity index (χ0) is 11.5. The van der Waals surface area contributed by atoms with Crippen molar-refractivity contribution in [2.24, 2.45) is 5.92 Å². The molecular weight excluding hydrogens is 210 g/mol. The van der Waals surface area contributed by atoms with Crippen LogP contribution in [0.25, 0.3) is 0 Å². The van der Waals surface area contributed by atoms with Gasteiger partial charge >= 0.3 is 0 Å². The number of amides is 1. The van der Waals surface area contributed by atoms with Crippen molar-refractivity contribution < 1.29 is 19.4 Å². The van der Waals surface area contributed by atoms with Gasteiger partial charge in [0.15, 0.2) is 6.10 Å². The van der Waals surface area contributed by atoms with Crippen LogP contribution in [0.4, 0.5) is 0 Å². The molecule has 0 aromatic rings. The van der Waals surface area contributed by atoms with Gasteiger partial charge in [0.05, 0.1) is 25.9 Å². The second-order valence-corrected chi connectivity index (χ2v) is 4.51. The van der Waals surface area contributed by atoms with Gasteiger partial charge in [-0.1, -0.05) is 0 Å². The number of aliphatic hydroxyl groups is 1. The molecule has 0 aliphatic carbocycles. The maximum atomic E-state index is 12.0. The first-order valence-electron chi connectivity index (χ1n) is 5.84. The molecule has 0 radical (unpaired) electrons. The van der Waals surface area contributed by atoms with Crippen molar-refractivity contribution in [3.63, 3.8) is 0 Å². The number of ether oxygens (including phenoxy) is 2. The van der Waals surface area contributed by atoms with Gasteiger partial charge in [-0.2, -0.15) is 0 Å². The van der Waals surface area contributed by atoms with Crippen molar-refractivity contribution in [1.29, 1.82) is 0 Å². The lowest BCUT2D eigenvalue weighted by atomic mass is 10.0. The van der Waals surface area contributed by atoms with Gasteiger partial charge in [0.2, 0.25) is 0 Å². The van der Waals surface area contributed by atoms with E-state index >= 15 is 0 Å². The average Bonchev–Trinajstić information content (AvgIpc) is 2.78. The third-order valence-electron chi connectivity index (χ3n) is 3.31. The minimum atomic E-state index is -0.443. The van der Waals surface area contributed by atoms with Crippen molar-refractivity contribution in [3.05, 3.63) is 0 Å². The number of hydrogen-bond acceptors (Lipinski definition) is 4. The Labute approximate surface area is 95.3 Å². The van der Waals surface area contributed by atoms with E-state index in [1.807, 2.05) is 0 Å². The van der Waals surface area contributed by atoms with Gasteiger partial charge in [0, 0.05) is 19.0 Å². The van der Waals surface area contributed by atoms with Crippen molar-refractivity contribution in [2.75, 3.05) is 32.9 Å². The van der Waals surface area contributed by atoms with E-state index in [9.17, 15) is 9.90 Å². The van der Waals surface area contributed by atoms with Crippen LogP contribution in [0.3, 0.4) is 0 Å². The highest BCUT2D eigenvalue weighted by atomic mass is 16.6. The number of nitrogens with zero attached hydrogens (tertiary/aromatic N) is 1. The summed E-state index contributed by atoms with van der Waals surface area (Å²) < 4.78 is 10.6. The van der Waals surface area contributed by atoms with Gasteiger partial charge in [-0.15, -0.1) is 0 Å². The van der Waals surface area contributed by atoms with Crippen LogP contribution < -0.4 is 0 Å². The minimum Gasteiger partial charge on any atom is -0.393 e. The summed E-state index contributed by atoms with van der Waals surface area (Å²) in [6.07, 6.45) is 0.0830. The highest BCUT2D eigenvalue weighted by Gasteiger charge is 2.34. The third-order valence-corrected chi connectivity index (χ3v) is 3.31. The Morgan fingerprint density at radius 3 is 2.88 bits per heavy atom. The molecule has 0 aromatic heterocycles. The number of aliphatic hydroxyl groups excluding tert-OH is 1. The zero-order valence-electron chi connectivity index (χ0n) is 9.59. The fraction of sp³-hybridized carbons (Fsp3) is 0.909. The summed E-state index contributed by atoms with van der Waals surface area (Å²) in [5, 5.41) is 9.47. The molecule has 1 N–H and O–H groups in total. The second kappa shape index (κ2) is 5.12. The predicted octanol–water partition coefficient (Wildman–Crippen LogP) is -0.369. The summed E-state index contributed by atoms with van der Waals surface area (Å²) in [5.41, 5.74) is 0. The lowest BCUT2D eigenvalue weighted by Gasteiger charge is -2.26. The molecule has 3 atom stereocenters. The Bertz CT molecular complexity index is 250. The summed E-state index contributed by atoms with van der Waals surface area (Å²) in [5.74, 6) is 0.205. The van der Waals surface area contributed by atoms with Crippen LogP contribution in [0.2, 0.25) is 0 Å². The quantitative estimate of drug-likeness (QED) is 0.702. The molecule has 2 aliphatic heterocycles. The fourth-order valence-electron chi connectivity index (χ4n) is 2.22. The molecule has 2 rings (SSSR count). The van der Waals surface area contributed by atoms with E-state index in [2.05, 4.69) is 0 Å². The molecule has 5 nitrogen and oxygen atoms in total. The van der Waals surface area contributed by atoms with Gasteiger partial charge in [0.25, 0.3) is 5.91 Å². The average molecular weight is 229 g/mol. The largest absolute Gasteiger partial charge is 0.393 e. The van der Waals surface area contributed by atoms with E-state index in [-0.39, 0.29) is 17.9 Å². The summed E-state index contributed by atoms with van der Waals surface area (Å²) in [6.45, 7) is 4.54. The molecule has 1 amide bonds. The van der Waals surface area contributed by atoms with E-state index in [0.717, 1.165) is 6.42 Å². The molecular formula is C11H19NO4. The first-order valence-corrected chi connectivity index (χ1v) is 5.84. The molecule has 2 saturated heterocycles. The number of likely N-dealkylation sites (tertiary alicyclic amines) is 1. The zero-order valence-corrected chi connectivity index (χ0v) is 9.59. The molecule has 2 heterocycles. The van der Waals surface area contributed by atoms with Gasteiger partial charge in [-0.05, 0) is 13.3 Å². The van der Waals surface area contributed by atoms with Gasteiger partial charge < -0.3 is 19.5 Å². The maximum absolute atomic E-state index is 12.0. The van der Waals surface area contributed by atoms with E-state index in [0.29, 0.717) is 32.9 Å². The van der Waals surface area contributed by atoms with E-state index < -0.39 is 6.10 Å². The SMILES string of the molecule is CC(O)C1CCN(C(=O)C2COCCO2)C1. The first-order chi connectivity index (χ1) is 7.68. The van der Waals surface area contributed by atoms with Crippen molar-refractivity contribution in [2.45, 2.75) is 25.6 Å². The maximum Gasteiger partial charge on any atom is 0.254 e. The summed E-state index contributed by atoms with van der Waals surface area (Å²) in [6, 6.07) is 0. The number of hydrogen-bond donors (Lipinski definition) is 1. The highest BCUT2D eigenvalue weighted by molar-refractivity contribution is 5.81. The van der Waals surface area contributed by atoms with Crippen LogP contribution >= 0.6 is 0 Å². The normalized spacial score (nSPS) is 32.8. The summed E-state index contributed by atoms with van der Waals surface area (Å²) in [7, 11) is 0. The lowest BCUT2D eigenvalue weighted by Crippen LogP contribution is -2.44. The number of carbonyl (C=O) groups excluding carboxylic acids is 1. The second-order valence-electron chi connectivity index (χ2n) is 4.51. The third kappa shape index (κ3) is 2.53. The van der Waals surface area contributed by atoms with E-state index in [1.165, 1.54) is 0 Å². The van der Waals surface area contributed by atoms with Crippen molar-refractivity contribution in [3.8, 4) is 0 Å². The Kier molecular flexibility index (Phi) is 3.78. The van der Waals surface area contributed by atoms with E-state index in [1.54, 1.807) is 11.8 Å². The van der Waals surface area contributed by atoms with Crippen LogP contribution in [0.1, 0.15) is 13.3 Å². The van der Waals surface area contributed by atoms with Crippen molar-refractivity contribution >= 4 is 5.91 Å². The van der Waals surface area contributed by atoms with Crippen LogP contribution in [0, 0.1) is 5.92 Å². The summed E-state index contributed by atoms with van der Waals surface area (Å²) in [4.78, 5) is 13.8. The van der Waals surface area contributed by atoms with Crippen LogP contribution in [-0.4, -0.2) is 61.0 Å². The van der Waals surface area contributed by atoms with Gasteiger partial charge in [-0.3, -0.25) is 4.79 Å². The Hall–Kier alpha value is -0.650. The Morgan fingerprint density at radius 1 is 1.50 bits per heavy atom. The number of rotatable bonds is 2. The molecule has 0 bridgehead atoms. The molecule has 5 heteroatoms. The number of carbonyl (C=O) groups is 1. The Morgan fingerprint density at radius 2 is 2.31 bits per heavy atom. The molecule has 3 unspecified atom stereocenters. The first kappa shape index (κ1) is 11.8. The molecule has 0 saturated carbocycles. The molecule has 16 heavy (non-hydrogen) atoms. The molecule has 2 aliphatic rings. The van der Waals surface area contributed by atoms with Gasteiger partial charge in [0.1, 0.15) is 0 Å². The molecule has 92 valence electrons. The smallest absolute Gasteiger partial charge is 0.254 e.